The van der Waals surface area contributed by atoms with Crippen LogP contribution in [0.25, 0.3) is 0 Å². The average molecular weight is 359 g/mol. The van der Waals surface area contributed by atoms with Crippen molar-refractivity contribution in [3.63, 3.8) is 0 Å². The first-order valence-electron chi connectivity index (χ1n) is 7.39. The van der Waals surface area contributed by atoms with Gasteiger partial charge in [0.1, 0.15) is 5.75 Å². The van der Waals surface area contributed by atoms with E-state index in [1.165, 1.54) is 12.1 Å². The number of halogens is 2. The number of hydrogen-bond donors (Lipinski definition) is 2. The zero-order valence-electron chi connectivity index (χ0n) is 13.3. The summed E-state index contributed by atoms with van der Waals surface area (Å²) in [6.07, 6.45) is 1.29. The maximum Gasteiger partial charge on any atom is 0.255 e. The lowest BCUT2D eigenvalue weighted by atomic mass is 9.86. The SMILES string of the molecule is CC(=O)N1CCC(NC(=O)c2cc(Cl)cc(Cl)c2O)CC1(C)C. The Balaban J connectivity index is 2.12. The summed E-state index contributed by atoms with van der Waals surface area (Å²) in [5.74, 6) is -0.683. The second-order valence-corrected chi connectivity index (χ2v) is 7.27. The van der Waals surface area contributed by atoms with Crippen molar-refractivity contribution in [2.24, 2.45) is 0 Å². The van der Waals surface area contributed by atoms with E-state index in [-0.39, 0.29) is 38.8 Å². The summed E-state index contributed by atoms with van der Waals surface area (Å²) in [6.45, 7) is 6.07. The summed E-state index contributed by atoms with van der Waals surface area (Å²) in [5.41, 5.74) is -0.287. The molecule has 0 radical (unpaired) electrons. The highest BCUT2D eigenvalue weighted by atomic mass is 35.5. The second kappa shape index (κ2) is 6.57. The molecular weight excluding hydrogens is 339 g/mol. The smallest absolute Gasteiger partial charge is 0.255 e. The second-order valence-electron chi connectivity index (χ2n) is 6.43. The summed E-state index contributed by atoms with van der Waals surface area (Å²) >= 11 is 11.7. The van der Waals surface area contributed by atoms with Gasteiger partial charge in [0, 0.05) is 30.1 Å². The van der Waals surface area contributed by atoms with Crippen LogP contribution in [-0.2, 0) is 4.79 Å². The minimum absolute atomic E-state index is 0.0269. The summed E-state index contributed by atoms with van der Waals surface area (Å²) in [6, 6.07) is 2.67. The molecule has 2 amide bonds. The normalized spacial score (nSPS) is 20.2. The molecule has 1 saturated heterocycles. The van der Waals surface area contributed by atoms with E-state index < -0.39 is 5.91 Å². The molecule has 2 N–H and O–H groups in total. The van der Waals surface area contributed by atoms with E-state index in [4.69, 9.17) is 23.2 Å². The Bertz CT molecular complexity index is 646. The van der Waals surface area contributed by atoms with Crippen LogP contribution in [0.15, 0.2) is 12.1 Å². The zero-order valence-corrected chi connectivity index (χ0v) is 14.8. The third-order valence-corrected chi connectivity index (χ3v) is 4.67. The van der Waals surface area contributed by atoms with E-state index in [9.17, 15) is 14.7 Å². The lowest BCUT2D eigenvalue weighted by molar-refractivity contribution is -0.136. The molecule has 0 bridgehead atoms. The molecule has 23 heavy (non-hydrogen) atoms. The molecule has 7 heteroatoms. The van der Waals surface area contributed by atoms with Crippen LogP contribution in [-0.4, -0.2) is 39.9 Å². The molecule has 2 rings (SSSR count). The van der Waals surface area contributed by atoms with Crippen molar-refractivity contribution >= 4 is 35.0 Å². The molecule has 1 fully saturated rings. The number of benzene rings is 1. The van der Waals surface area contributed by atoms with Crippen LogP contribution in [0.5, 0.6) is 5.75 Å². The van der Waals surface area contributed by atoms with Gasteiger partial charge in [-0.15, -0.1) is 0 Å². The molecule has 1 aromatic rings. The van der Waals surface area contributed by atoms with Gasteiger partial charge in [-0.25, -0.2) is 0 Å². The van der Waals surface area contributed by atoms with Crippen molar-refractivity contribution in [3.8, 4) is 5.75 Å². The van der Waals surface area contributed by atoms with Gasteiger partial charge in [-0.2, -0.15) is 0 Å². The molecule has 1 unspecified atom stereocenters. The lowest BCUT2D eigenvalue weighted by Crippen LogP contribution is -2.56. The van der Waals surface area contributed by atoms with Crippen LogP contribution < -0.4 is 5.32 Å². The summed E-state index contributed by atoms with van der Waals surface area (Å²) in [5, 5.41) is 13.1. The Morgan fingerprint density at radius 3 is 2.57 bits per heavy atom. The van der Waals surface area contributed by atoms with Crippen molar-refractivity contribution in [2.45, 2.75) is 45.2 Å². The van der Waals surface area contributed by atoms with Gasteiger partial charge in [-0.3, -0.25) is 9.59 Å². The molecule has 126 valence electrons. The van der Waals surface area contributed by atoms with Crippen molar-refractivity contribution < 1.29 is 14.7 Å². The fourth-order valence-electron chi connectivity index (χ4n) is 3.11. The average Bonchev–Trinajstić information content (AvgIpc) is 2.41. The van der Waals surface area contributed by atoms with Gasteiger partial charge in [0.2, 0.25) is 5.91 Å². The van der Waals surface area contributed by atoms with Gasteiger partial charge in [-0.05, 0) is 38.8 Å². The number of aromatic hydroxyl groups is 1. The Labute approximate surface area is 145 Å². The Hall–Kier alpha value is -1.46. The molecule has 0 saturated carbocycles. The van der Waals surface area contributed by atoms with Gasteiger partial charge in [0.25, 0.3) is 5.91 Å². The number of rotatable bonds is 2. The minimum Gasteiger partial charge on any atom is -0.506 e. The highest BCUT2D eigenvalue weighted by molar-refractivity contribution is 6.36. The minimum atomic E-state index is -0.427. The third kappa shape index (κ3) is 3.90. The third-order valence-electron chi connectivity index (χ3n) is 4.17. The summed E-state index contributed by atoms with van der Waals surface area (Å²) in [7, 11) is 0. The van der Waals surface area contributed by atoms with Crippen LogP contribution in [0.3, 0.4) is 0 Å². The van der Waals surface area contributed by atoms with Crippen LogP contribution in [0, 0.1) is 0 Å². The van der Waals surface area contributed by atoms with E-state index in [0.717, 1.165) is 0 Å². The Morgan fingerprint density at radius 2 is 2.00 bits per heavy atom. The molecule has 0 aromatic heterocycles. The largest absolute Gasteiger partial charge is 0.506 e. The molecule has 1 aromatic carbocycles. The van der Waals surface area contributed by atoms with E-state index in [2.05, 4.69) is 5.32 Å². The van der Waals surface area contributed by atoms with Gasteiger partial charge in [0.05, 0.1) is 10.6 Å². The maximum atomic E-state index is 12.4. The standard InChI is InChI=1S/C16H20Cl2N2O3/c1-9(21)20-5-4-11(8-16(20,2)3)19-15(23)12-6-10(17)7-13(18)14(12)22/h6-7,11,22H,4-5,8H2,1-3H3,(H,19,23). The molecule has 1 aliphatic heterocycles. The lowest BCUT2D eigenvalue weighted by Gasteiger charge is -2.45. The van der Waals surface area contributed by atoms with Crippen molar-refractivity contribution in [2.75, 3.05) is 6.54 Å². The summed E-state index contributed by atoms with van der Waals surface area (Å²) in [4.78, 5) is 25.9. The van der Waals surface area contributed by atoms with Crippen LogP contribution in [0.1, 0.15) is 44.0 Å². The number of phenolic OH excluding ortho intramolecular Hbond substituents is 1. The van der Waals surface area contributed by atoms with Crippen molar-refractivity contribution in [1.82, 2.24) is 10.2 Å². The number of hydrogen-bond acceptors (Lipinski definition) is 3. The maximum absolute atomic E-state index is 12.4. The van der Waals surface area contributed by atoms with Gasteiger partial charge in [-0.1, -0.05) is 23.2 Å². The molecule has 0 aliphatic carbocycles. The van der Waals surface area contributed by atoms with Crippen molar-refractivity contribution in [3.05, 3.63) is 27.7 Å². The predicted octanol–water partition coefficient (Wildman–Crippen LogP) is 3.22. The molecule has 1 heterocycles. The Morgan fingerprint density at radius 1 is 1.35 bits per heavy atom. The first-order valence-corrected chi connectivity index (χ1v) is 8.14. The molecule has 1 aliphatic rings. The number of nitrogens with one attached hydrogen (secondary N) is 1. The number of piperidine rings is 1. The van der Waals surface area contributed by atoms with Crippen molar-refractivity contribution in [1.29, 1.82) is 0 Å². The number of nitrogens with zero attached hydrogens (tertiary/aromatic N) is 1. The molecule has 5 nitrogen and oxygen atoms in total. The molecule has 1 atom stereocenters. The number of amides is 2. The molecular formula is C16H20Cl2N2O3. The topological polar surface area (TPSA) is 69.6 Å². The van der Waals surface area contributed by atoms with E-state index in [1.54, 1.807) is 6.92 Å². The van der Waals surface area contributed by atoms with Gasteiger partial charge >= 0.3 is 0 Å². The van der Waals surface area contributed by atoms with Crippen LogP contribution in [0.2, 0.25) is 10.0 Å². The Kier molecular flexibility index (Phi) is 5.11. The zero-order chi connectivity index (χ0) is 17.4. The number of carbonyl (C=O) groups is 2. The predicted molar refractivity (Wildman–Crippen MR) is 90.1 cm³/mol. The van der Waals surface area contributed by atoms with E-state index in [1.807, 2.05) is 18.7 Å². The first kappa shape index (κ1) is 17.9. The number of likely N-dealkylation sites (tertiary alicyclic amines) is 1. The van der Waals surface area contributed by atoms with E-state index >= 15 is 0 Å². The fraction of sp³-hybridized carbons (Fsp3) is 0.500. The van der Waals surface area contributed by atoms with Gasteiger partial charge < -0.3 is 15.3 Å². The summed E-state index contributed by atoms with van der Waals surface area (Å²) < 4.78 is 0. The highest BCUT2D eigenvalue weighted by Gasteiger charge is 2.37. The quantitative estimate of drug-likeness (QED) is 0.852. The fourth-order valence-corrected chi connectivity index (χ4v) is 3.61. The monoisotopic (exact) mass is 358 g/mol. The van der Waals surface area contributed by atoms with Crippen LogP contribution in [0.4, 0.5) is 0 Å². The number of phenols is 1. The van der Waals surface area contributed by atoms with E-state index in [0.29, 0.717) is 19.4 Å². The first-order chi connectivity index (χ1) is 10.6. The van der Waals surface area contributed by atoms with Crippen LogP contribution >= 0.6 is 23.2 Å². The highest BCUT2D eigenvalue weighted by Crippen LogP contribution is 2.32. The van der Waals surface area contributed by atoms with Gasteiger partial charge in [0.15, 0.2) is 0 Å². The number of carbonyl (C=O) groups excluding carboxylic acids is 2. The molecule has 0 spiro atoms.